The number of nitrogens with zero attached hydrogens (tertiary/aromatic N) is 2. The molecule has 1 atom stereocenters. The van der Waals surface area contributed by atoms with E-state index < -0.39 is 33.7 Å². The highest BCUT2D eigenvalue weighted by atomic mass is 32.2. The number of rotatable bonds is 9. The molecule has 9 nitrogen and oxygen atoms in total. The van der Waals surface area contributed by atoms with Crippen LogP contribution in [-0.2, 0) is 38.8 Å². The molecule has 1 unspecified atom stereocenters. The molecular weight excluding hydrogens is 599 g/mol. The Hall–Kier alpha value is -4.10. The van der Waals surface area contributed by atoms with Gasteiger partial charge in [0.1, 0.15) is 17.5 Å². The molecule has 1 saturated heterocycles. The van der Waals surface area contributed by atoms with Crippen molar-refractivity contribution in [3.8, 4) is 11.5 Å². The van der Waals surface area contributed by atoms with Gasteiger partial charge >= 0.3 is 6.18 Å². The Balaban J connectivity index is 1.60. The fraction of sp³-hybridized carbons (Fsp3) is 0.355. The minimum absolute atomic E-state index is 0.0182. The molecule has 0 aliphatic carbocycles. The highest BCUT2D eigenvalue weighted by Gasteiger charge is 2.41. The SMILES string of the molecule is COc1ccc(OC)c(CC(=O)N2CCN(S(=O)(=O)c3ccc(C)cc3)C(C(=O)NCc3cc(C)cc(C(F)(F)F)c3)C2)c1. The Morgan fingerprint density at radius 2 is 1.64 bits per heavy atom. The number of ether oxygens (including phenoxy) is 2. The summed E-state index contributed by atoms with van der Waals surface area (Å²) in [7, 11) is -1.21. The molecule has 44 heavy (non-hydrogen) atoms. The van der Waals surface area contributed by atoms with Crippen LogP contribution in [0.15, 0.2) is 65.6 Å². The number of benzene rings is 3. The van der Waals surface area contributed by atoms with E-state index >= 15 is 0 Å². The lowest BCUT2D eigenvalue weighted by Crippen LogP contribution is -2.61. The number of hydrogen-bond acceptors (Lipinski definition) is 6. The molecular formula is C31H34F3N3O6S. The predicted molar refractivity (Wildman–Crippen MR) is 157 cm³/mol. The van der Waals surface area contributed by atoms with Crippen LogP contribution < -0.4 is 14.8 Å². The van der Waals surface area contributed by atoms with E-state index in [0.29, 0.717) is 22.6 Å². The maximum atomic E-state index is 13.7. The zero-order valence-electron chi connectivity index (χ0n) is 24.8. The maximum Gasteiger partial charge on any atom is 0.416 e. The number of methoxy groups -OCH3 is 2. The molecule has 3 aromatic carbocycles. The van der Waals surface area contributed by atoms with Crippen molar-refractivity contribution in [3.63, 3.8) is 0 Å². The van der Waals surface area contributed by atoms with Crippen LogP contribution in [0.5, 0.6) is 11.5 Å². The lowest BCUT2D eigenvalue weighted by Gasteiger charge is -2.39. The maximum absolute atomic E-state index is 13.7. The van der Waals surface area contributed by atoms with Gasteiger partial charge in [0.2, 0.25) is 21.8 Å². The molecule has 4 rings (SSSR count). The van der Waals surface area contributed by atoms with E-state index in [-0.39, 0.29) is 49.0 Å². The standard InChI is InChI=1S/C31H34F3N3O6S/c1-20-5-8-26(9-6-20)44(40,41)37-12-11-36(29(38)17-23-16-25(42-3)7-10-28(23)43-4)19-27(37)30(39)35-18-22-13-21(2)14-24(15-22)31(32,33)34/h5-10,13-16,27H,11-12,17-19H2,1-4H3,(H,35,39). The smallest absolute Gasteiger partial charge is 0.416 e. The van der Waals surface area contributed by atoms with Gasteiger partial charge in [0.15, 0.2) is 0 Å². The van der Waals surface area contributed by atoms with Gasteiger partial charge < -0.3 is 19.7 Å². The molecule has 3 aromatic rings. The van der Waals surface area contributed by atoms with Gasteiger partial charge in [-0.3, -0.25) is 9.59 Å². The molecule has 0 bridgehead atoms. The van der Waals surface area contributed by atoms with Crippen molar-refractivity contribution in [1.82, 2.24) is 14.5 Å². The molecule has 0 aromatic heterocycles. The Bertz CT molecular complexity index is 1630. The van der Waals surface area contributed by atoms with Crippen molar-refractivity contribution >= 4 is 21.8 Å². The fourth-order valence-electron chi connectivity index (χ4n) is 5.07. The minimum atomic E-state index is -4.57. The quantitative estimate of drug-likeness (QED) is 0.381. The average Bonchev–Trinajstić information content (AvgIpc) is 2.99. The minimum Gasteiger partial charge on any atom is -0.497 e. The molecule has 1 aliphatic rings. The molecule has 13 heteroatoms. The summed E-state index contributed by atoms with van der Waals surface area (Å²) in [5.74, 6) is -0.127. The van der Waals surface area contributed by atoms with E-state index in [1.807, 2.05) is 6.92 Å². The summed E-state index contributed by atoms with van der Waals surface area (Å²) >= 11 is 0. The summed E-state index contributed by atoms with van der Waals surface area (Å²) in [5.41, 5.74) is 1.10. The lowest BCUT2D eigenvalue weighted by molar-refractivity contribution is -0.138. The van der Waals surface area contributed by atoms with Gasteiger partial charge in [-0.05, 0) is 61.9 Å². The molecule has 1 aliphatic heterocycles. The van der Waals surface area contributed by atoms with Crippen LogP contribution in [-0.4, -0.2) is 69.3 Å². The number of carbonyl (C=O) groups is 2. The first-order valence-electron chi connectivity index (χ1n) is 13.8. The number of aryl methyl sites for hydroxylation is 2. The monoisotopic (exact) mass is 633 g/mol. The number of alkyl halides is 3. The number of halogens is 3. The summed E-state index contributed by atoms with van der Waals surface area (Å²) in [5, 5.41) is 2.59. The largest absolute Gasteiger partial charge is 0.497 e. The zero-order chi connectivity index (χ0) is 32.2. The molecule has 1 fully saturated rings. The Kier molecular flexibility index (Phi) is 9.89. The second-order valence-corrected chi connectivity index (χ2v) is 12.5. The third-order valence-corrected chi connectivity index (χ3v) is 9.30. The topological polar surface area (TPSA) is 105 Å². The number of piperazine rings is 1. The van der Waals surface area contributed by atoms with Crippen molar-refractivity contribution in [1.29, 1.82) is 0 Å². The first-order chi connectivity index (χ1) is 20.7. The third-order valence-electron chi connectivity index (χ3n) is 7.37. The van der Waals surface area contributed by atoms with Crippen molar-refractivity contribution in [3.05, 3.63) is 88.5 Å². The molecule has 0 saturated carbocycles. The van der Waals surface area contributed by atoms with Crippen LogP contribution >= 0.6 is 0 Å². The zero-order valence-corrected chi connectivity index (χ0v) is 25.6. The average molecular weight is 634 g/mol. The van der Waals surface area contributed by atoms with Gasteiger partial charge in [0.05, 0.1) is 31.1 Å². The number of nitrogens with one attached hydrogen (secondary N) is 1. The van der Waals surface area contributed by atoms with E-state index in [2.05, 4.69) is 5.32 Å². The van der Waals surface area contributed by atoms with E-state index in [1.165, 1.54) is 44.2 Å². The Morgan fingerprint density at radius 1 is 0.932 bits per heavy atom. The number of hydrogen-bond donors (Lipinski definition) is 1. The van der Waals surface area contributed by atoms with Crippen LogP contribution in [0.4, 0.5) is 13.2 Å². The van der Waals surface area contributed by atoms with Crippen LogP contribution in [0, 0.1) is 13.8 Å². The number of amides is 2. The second-order valence-electron chi connectivity index (χ2n) is 10.6. The summed E-state index contributed by atoms with van der Waals surface area (Å²) < 4.78 is 79.1. The highest BCUT2D eigenvalue weighted by molar-refractivity contribution is 7.89. The first kappa shape index (κ1) is 32.8. The van der Waals surface area contributed by atoms with Gasteiger partial charge in [-0.1, -0.05) is 29.3 Å². The van der Waals surface area contributed by atoms with Crippen LogP contribution in [0.1, 0.15) is 27.8 Å². The van der Waals surface area contributed by atoms with Gasteiger partial charge in [0.25, 0.3) is 0 Å². The third kappa shape index (κ3) is 7.51. The summed E-state index contributed by atoms with van der Waals surface area (Å²) in [6.45, 7) is 2.64. The van der Waals surface area contributed by atoms with E-state index in [0.717, 1.165) is 22.0 Å². The van der Waals surface area contributed by atoms with Gasteiger partial charge in [0, 0.05) is 31.7 Å². The van der Waals surface area contributed by atoms with E-state index in [9.17, 15) is 31.2 Å². The molecule has 236 valence electrons. The second kappa shape index (κ2) is 13.3. The summed E-state index contributed by atoms with van der Waals surface area (Å²) in [4.78, 5) is 28.4. The van der Waals surface area contributed by atoms with Gasteiger partial charge in [-0.15, -0.1) is 0 Å². The predicted octanol–water partition coefficient (Wildman–Crippen LogP) is 4.10. The number of sulfonamides is 1. The lowest BCUT2D eigenvalue weighted by atomic mass is 10.1. The Labute approximate surface area is 254 Å². The first-order valence-corrected chi connectivity index (χ1v) is 15.2. The van der Waals surface area contributed by atoms with Crippen molar-refractivity contribution < 1.29 is 40.7 Å². The summed E-state index contributed by atoms with van der Waals surface area (Å²) in [6, 6.07) is 13.3. The van der Waals surface area contributed by atoms with Crippen molar-refractivity contribution in [2.45, 2.75) is 43.9 Å². The van der Waals surface area contributed by atoms with Crippen molar-refractivity contribution in [2.24, 2.45) is 0 Å². The highest BCUT2D eigenvalue weighted by Crippen LogP contribution is 2.31. The Morgan fingerprint density at radius 3 is 2.27 bits per heavy atom. The summed E-state index contributed by atoms with van der Waals surface area (Å²) in [6.07, 6.45) is -4.66. The molecule has 0 spiro atoms. The normalized spacial score (nSPS) is 16.0. The fourth-order valence-corrected chi connectivity index (χ4v) is 6.64. The van der Waals surface area contributed by atoms with Crippen LogP contribution in [0.2, 0.25) is 0 Å². The van der Waals surface area contributed by atoms with E-state index in [4.69, 9.17) is 9.47 Å². The molecule has 0 radical (unpaired) electrons. The van der Waals surface area contributed by atoms with Gasteiger partial charge in [-0.2, -0.15) is 17.5 Å². The molecule has 1 heterocycles. The van der Waals surface area contributed by atoms with Crippen LogP contribution in [0.25, 0.3) is 0 Å². The van der Waals surface area contributed by atoms with Crippen LogP contribution in [0.3, 0.4) is 0 Å². The number of carbonyl (C=O) groups excluding carboxylic acids is 2. The molecule has 2 amide bonds. The van der Waals surface area contributed by atoms with Crippen molar-refractivity contribution in [2.75, 3.05) is 33.9 Å². The molecule has 1 N–H and O–H groups in total. The van der Waals surface area contributed by atoms with Gasteiger partial charge in [-0.25, -0.2) is 8.42 Å². The van der Waals surface area contributed by atoms with E-state index in [1.54, 1.807) is 30.3 Å².